The quantitative estimate of drug-likeness (QED) is 0.821. The number of rotatable bonds is 4. The van der Waals surface area contributed by atoms with Crippen LogP contribution in [-0.4, -0.2) is 11.1 Å². The molecule has 0 aliphatic heterocycles. The van der Waals surface area contributed by atoms with E-state index in [1.807, 2.05) is 49.4 Å². The van der Waals surface area contributed by atoms with Gasteiger partial charge in [-0.15, -0.1) is 0 Å². The molecule has 92 valence electrons. The summed E-state index contributed by atoms with van der Waals surface area (Å²) in [5.41, 5.74) is 1.30. The highest BCUT2D eigenvalue weighted by molar-refractivity contribution is 5.91. The molecule has 0 saturated heterocycles. The van der Waals surface area contributed by atoms with Gasteiger partial charge in [0.25, 0.3) is 0 Å². The Morgan fingerprint density at radius 3 is 2.56 bits per heavy atom. The van der Waals surface area contributed by atoms with Crippen LogP contribution in [0.1, 0.15) is 24.8 Å². The molecule has 2 heteroatoms. The molecule has 0 bridgehead atoms. The van der Waals surface area contributed by atoms with Crippen LogP contribution in [0.4, 0.5) is 0 Å². The van der Waals surface area contributed by atoms with Gasteiger partial charge >= 0.3 is 5.97 Å². The first-order valence-corrected chi connectivity index (χ1v) is 6.05. The molecule has 2 aromatic carbocycles. The molecule has 2 rings (SSSR count). The van der Waals surface area contributed by atoms with E-state index in [-0.39, 0.29) is 11.5 Å². The van der Waals surface area contributed by atoms with Crippen LogP contribution < -0.4 is 0 Å². The molecule has 0 radical (unpaired) electrons. The summed E-state index contributed by atoms with van der Waals surface area (Å²) in [6.07, 6.45) is 0.735. The number of hydrogen-bond donors (Lipinski definition) is 1. The molecule has 0 saturated carbocycles. The SMILES string of the molecule is C=C(C(=O)O)C(CC)c1cccc2ccccc12. The smallest absolute Gasteiger partial charge is 0.331 e. The monoisotopic (exact) mass is 240 g/mol. The van der Waals surface area contributed by atoms with Crippen molar-refractivity contribution in [3.8, 4) is 0 Å². The molecule has 0 aromatic heterocycles. The molecule has 1 N–H and O–H groups in total. The van der Waals surface area contributed by atoms with E-state index in [1.165, 1.54) is 0 Å². The van der Waals surface area contributed by atoms with Crippen molar-refractivity contribution in [1.29, 1.82) is 0 Å². The summed E-state index contributed by atoms with van der Waals surface area (Å²) in [4.78, 5) is 11.1. The van der Waals surface area contributed by atoms with E-state index in [4.69, 9.17) is 5.11 Å². The molecule has 0 spiro atoms. The van der Waals surface area contributed by atoms with Crippen molar-refractivity contribution < 1.29 is 9.90 Å². The molecule has 2 nitrogen and oxygen atoms in total. The highest BCUT2D eigenvalue weighted by atomic mass is 16.4. The number of carboxylic acids is 1. The standard InChI is InChI=1S/C16H16O2/c1-3-13(11(2)16(17)18)15-10-6-8-12-7-4-5-9-14(12)15/h4-10,13H,2-3H2,1H3,(H,17,18). The minimum atomic E-state index is -0.921. The Morgan fingerprint density at radius 2 is 1.89 bits per heavy atom. The number of carboxylic acid groups (broad SMARTS) is 1. The van der Waals surface area contributed by atoms with Crippen LogP contribution in [0.15, 0.2) is 54.6 Å². The second-order valence-electron chi connectivity index (χ2n) is 4.36. The van der Waals surface area contributed by atoms with Gasteiger partial charge in [-0.2, -0.15) is 0 Å². The van der Waals surface area contributed by atoms with E-state index in [2.05, 4.69) is 6.58 Å². The molecule has 2 aromatic rings. The van der Waals surface area contributed by atoms with E-state index < -0.39 is 5.97 Å². The maximum Gasteiger partial charge on any atom is 0.331 e. The third-order valence-corrected chi connectivity index (χ3v) is 3.30. The first-order valence-electron chi connectivity index (χ1n) is 6.05. The van der Waals surface area contributed by atoms with Crippen LogP contribution in [0, 0.1) is 0 Å². The van der Waals surface area contributed by atoms with Crippen molar-refractivity contribution in [2.45, 2.75) is 19.3 Å². The summed E-state index contributed by atoms with van der Waals surface area (Å²) >= 11 is 0. The zero-order valence-electron chi connectivity index (χ0n) is 10.4. The van der Waals surface area contributed by atoms with Crippen LogP contribution in [0.3, 0.4) is 0 Å². The van der Waals surface area contributed by atoms with Crippen LogP contribution in [0.25, 0.3) is 10.8 Å². The van der Waals surface area contributed by atoms with Crippen LogP contribution >= 0.6 is 0 Å². The van der Waals surface area contributed by atoms with Gasteiger partial charge in [-0.25, -0.2) is 4.79 Å². The second kappa shape index (κ2) is 5.05. The lowest BCUT2D eigenvalue weighted by atomic mass is 9.86. The average Bonchev–Trinajstić information content (AvgIpc) is 2.39. The summed E-state index contributed by atoms with van der Waals surface area (Å²) in [7, 11) is 0. The van der Waals surface area contributed by atoms with Crippen molar-refractivity contribution in [3.63, 3.8) is 0 Å². The second-order valence-corrected chi connectivity index (χ2v) is 4.36. The highest BCUT2D eigenvalue weighted by Gasteiger charge is 2.20. The Hall–Kier alpha value is -2.09. The summed E-state index contributed by atoms with van der Waals surface area (Å²) in [6.45, 7) is 5.70. The molecule has 18 heavy (non-hydrogen) atoms. The van der Waals surface area contributed by atoms with Crippen molar-refractivity contribution >= 4 is 16.7 Å². The normalized spacial score (nSPS) is 12.3. The fraction of sp³-hybridized carbons (Fsp3) is 0.188. The Morgan fingerprint density at radius 1 is 1.22 bits per heavy atom. The van der Waals surface area contributed by atoms with Crippen LogP contribution in [0.5, 0.6) is 0 Å². The van der Waals surface area contributed by atoms with Gasteiger partial charge in [-0.1, -0.05) is 56.0 Å². The molecule has 0 aliphatic carbocycles. The lowest BCUT2D eigenvalue weighted by molar-refractivity contribution is -0.132. The van der Waals surface area contributed by atoms with Gasteiger partial charge in [-0.3, -0.25) is 0 Å². The van der Waals surface area contributed by atoms with Crippen molar-refractivity contribution in [2.75, 3.05) is 0 Å². The molecule has 0 fully saturated rings. The van der Waals surface area contributed by atoms with Crippen molar-refractivity contribution in [3.05, 3.63) is 60.2 Å². The maximum atomic E-state index is 11.1. The first kappa shape index (κ1) is 12.4. The molecule has 1 unspecified atom stereocenters. The van der Waals surface area contributed by atoms with Gasteiger partial charge in [0.1, 0.15) is 0 Å². The van der Waals surface area contributed by atoms with Gasteiger partial charge < -0.3 is 5.11 Å². The van der Waals surface area contributed by atoms with Gasteiger partial charge in [-0.05, 0) is 22.8 Å². The van der Waals surface area contributed by atoms with Gasteiger partial charge in [0.2, 0.25) is 0 Å². The van der Waals surface area contributed by atoms with Crippen molar-refractivity contribution in [2.24, 2.45) is 0 Å². The zero-order valence-corrected chi connectivity index (χ0v) is 10.4. The topological polar surface area (TPSA) is 37.3 Å². The molecule has 0 heterocycles. The molecular weight excluding hydrogens is 224 g/mol. The first-order chi connectivity index (χ1) is 8.65. The fourth-order valence-corrected chi connectivity index (χ4v) is 2.36. The maximum absolute atomic E-state index is 11.1. The van der Waals surface area contributed by atoms with Gasteiger partial charge in [0.05, 0.1) is 0 Å². The Kier molecular flexibility index (Phi) is 3.47. The van der Waals surface area contributed by atoms with Gasteiger partial charge in [0.15, 0.2) is 0 Å². The highest BCUT2D eigenvalue weighted by Crippen LogP contribution is 2.32. The van der Waals surface area contributed by atoms with E-state index in [1.54, 1.807) is 0 Å². The summed E-state index contributed by atoms with van der Waals surface area (Å²) < 4.78 is 0. The Labute approximate surface area is 107 Å². The van der Waals surface area contributed by atoms with E-state index >= 15 is 0 Å². The minimum Gasteiger partial charge on any atom is -0.478 e. The lowest BCUT2D eigenvalue weighted by Gasteiger charge is -2.17. The lowest BCUT2D eigenvalue weighted by Crippen LogP contribution is -2.09. The van der Waals surface area contributed by atoms with Crippen molar-refractivity contribution in [1.82, 2.24) is 0 Å². The molecular formula is C16H16O2. The van der Waals surface area contributed by atoms with Gasteiger partial charge in [0, 0.05) is 11.5 Å². The van der Waals surface area contributed by atoms with E-state index in [9.17, 15) is 4.79 Å². The Balaban J connectivity index is 2.58. The third kappa shape index (κ3) is 2.14. The van der Waals surface area contributed by atoms with Crippen LogP contribution in [0.2, 0.25) is 0 Å². The number of benzene rings is 2. The fourth-order valence-electron chi connectivity index (χ4n) is 2.36. The van der Waals surface area contributed by atoms with E-state index in [0.717, 1.165) is 22.8 Å². The molecule has 1 atom stereocenters. The molecule has 0 amide bonds. The molecule has 0 aliphatic rings. The summed E-state index contributed by atoms with van der Waals surface area (Å²) in [5, 5.41) is 11.4. The summed E-state index contributed by atoms with van der Waals surface area (Å²) in [6, 6.07) is 14.0. The number of carbonyl (C=O) groups is 1. The predicted octanol–water partition coefficient (Wildman–Crippen LogP) is 3.97. The number of hydrogen-bond acceptors (Lipinski definition) is 1. The largest absolute Gasteiger partial charge is 0.478 e. The third-order valence-electron chi connectivity index (χ3n) is 3.30. The average molecular weight is 240 g/mol. The number of aliphatic carboxylic acids is 1. The Bertz CT molecular complexity index is 594. The number of fused-ring (bicyclic) bond motifs is 1. The predicted molar refractivity (Wildman–Crippen MR) is 73.8 cm³/mol. The van der Waals surface area contributed by atoms with E-state index in [0.29, 0.717) is 0 Å². The zero-order chi connectivity index (χ0) is 13.1. The van der Waals surface area contributed by atoms with Crippen LogP contribution in [-0.2, 0) is 4.79 Å². The minimum absolute atomic E-state index is 0.131. The summed E-state index contributed by atoms with van der Waals surface area (Å²) in [5.74, 6) is -1.05.